The van der Waals surface area contributed by atoms with E-state index in [0.717, 1.165) is 32.8 Å². The first-order chi connectivity index (χ1) is 12.2. The van der Waals surface area contributed by atoms with Crippen molar-refractivity contribution in [2.45, 2.75) is 13.5 Å². The average molecular weight is 357 g/mol. The number of ether oxygens (including phenoxy) is 3. The third-order valence-corrected chi connectivity index (χ3v) is 5.17. The first-order valence-corrected chi connectivity index (χ1v) is 8.44. The fourth-order valence-corrected chi connectivity index (χ4v) is 3.80. The second-order valence-corrected chi connectivity index (χ2v) is 6.49. The van der Waals surface area contributed by atoms with Crippen LogP contribution in [-0.2, 0) is 11.3 Å². The van der Waals surface area contributed by atoms with E-state index in [1.807, 2.05) is 25.1 Å². The molecular formula is C17H15N3O4S. The third-order valence-electron chi connectivity index (χ3n) is 3.99. The fourth-order valence-electron chi connectivity index (χ4n) is 2.73. The zero-order chi connectivity index (χ0) is 17.4. The van der Waals surface area contributed by atoms with Crippen LogP contribution in [0, 0.1) is 6.92 Å². The average Bonchev–Trinajstić information content (AvgIpc) is 3.23. The maximum absolute atomic E-state index is 11.9. The maximum Gasteiger partial charge on any atom is 0.348 e. The summed E-state index contributed by atoms with van der Waals surface area (Å²) in [5.41, 5.74) is 1.86. The SMILES string of the molecule is COC(=O)c1sc2ncnc(NCc3ccc4c(c3)OCO4)c2c1C. The number of hydrogen-bond donors (Lipinski definition) is 1. The molecule has 1 aromatic carbocycles. The number of esters is 1. The number of anilines is 1. The van der Waals surface area contributed by atoms with Crippen molar-refractivity contribution in [2.24, 2.45) is 0 Å². The van der Waals surface area contributed by atoms with Crippen LogP contribution in [0.5, 0.6) is 11.5 Å². The van der Waals surface area contributed by atoms with Crippen LogP contribution in [0.1, 0.15) is 20.8 Å². The van der Waals surface area contributed by atoms with Gasteiger partial charge in [-0.25, -0.2) is 14.8 Å². The lowest BCUT2D eigenvalue weighted by Gasteiger charge is -2.08. The van der Waals surface area contributed by atoms with Crippen LogP contribution >= 0.6 is 11.3 Å². The zero-order valence-electron chi connectivity index (χ0n) is 13.7. The Morgan fingerprint density at radius 3 is 3.00 bits per heavy atom. The molecule has 2 aromatic heterocycles. The van der Waals surface area contributed by atoms with Gasteiger partial charge in [0.1, 0.15) is 21.9 Å². The molecule has 3 aromatic rings. The summed E-state index contributed by atoms with van der Waals surface area (Å²) in [5.74, 6) is 1.82. The molecule has 4 rings (SSSR count). The number of nitrogens with zero attached hydrogens (tertiary/aromatic N) is 2. The van der Waals surface area contributed by atoms with Gasteiger partial charge in [0, 0.05) is 6.54 Å². The molecule has 8 heteroatoms. The molecule has 128 valence electrons. The molecule has 0 unspecified atom stereocenters. The number of thiophene rings is 1. The number of carbonyl (C=O) groups excluding carboxylic acids is 1. The molecule has 0 fully saturated rings. The molecule has 0 aliphatic carbocycles. The van der Waals surface area contributed by atoms with E-state index in [0.29, 0.717) is 17.2 Å². The lowest BCUT2D eigenvalue weighted by molar-refractivity contribution is 0.0605. The molecule has 0 bridgehead atoms. The molecule has 0 saturated carbocycles. The predicted molar refractivity (Wildman–Crippen MR) is 93.4 cm³/mol. The van der Waals surface area contributed by atoms with E-state index in [1.54, 1.807) is 0 Å². The molecule has 0 radical (unpaired) electrons. The minimum Gasteiger partial charge on any atom is -0.465 e. The van der Waals surface area contributed by atoms with Crippen molar-refractivity contribution in [1.29, 1.82) is 0 Å². The predicted octanol–water partition coefficient (Wildman–Crippen LogP) is 3.13. The molecule has 3 heterocycles. The van der Waals surface area contributed by atoms with E-state index in [4.69, 9.17) is 14.2 Å². The summed E-state index contributed by atoms with van der Waals surface area (Å²) in [4.78, 5) is 21.8. The molecule has 1 aliphatic heterocycles. The Kier molecular flexibility index (Phi) is 3.89. The molecule has 0 amide bonds. The fraction of sp³-hybridized carbons (Fsp3) is 0.235. The highest BCUT2D eigenvalue weighted by molar-refractivity contribution is 7.20. The van der Waals surface area contributed by atoms with Gasteiger partial charge in [-0.15, -0.1) is 11.3 Å². The van der Waals surface area contributed by atoms with Crippen molar-refractivity contribution >= 4 is 33.3 Å². The Morgan fingerprint density at radius 2 is 2.16 bits per heavy atom. The molecule has 1 N–H and O–H groups in total. The topological polar surface area (TPSA) is 82.6 Å². The summed E-state index contributed by atoms with van der Waals surface area (Å²) in [5, 5.41) is 4.15. The van der Waals surface area contributed by atoms with Crippen LogP contribution in [0.3, 0.4) is 0 Å². The summed E-state index contributed by atoms with van der Waals surface area (Å²) in [7, 11) is 1.37. The smallest absolute Gasteiger partial charge is 0.348 e. The number of fused-ring (bicyclic) bond motifs is 2. The van der Waals surface area contributed by atoms with Crippen LogP contribution in [0.4, 0.5) is 5.82 Å². The molecule has 25 heavy (non-hydrogen) atoms. The van der Waals surface area contributed by atoms with E-state index in [9.17, 15) is 4.79 Å². The molecule has 0 saturated heterocycles. The van der Waals surface area contributed by atoms with Crippen molar-refractivity contribution in [2.75, 3.05) is 19.2 Å². The van der Waals surface area contributed by atoms with Crippen LogP contribution in [0.2, 0.25) is 0 Å². The number of benzene rings is 1. The number of carbonyl (C=O) groups is 1. The quantitative estimate of drug-likeness (QED) is 0.718. The summed E-state index contributed by atoms with van der Waals surface area (Å²) in [6, 6.07) is 5.80. The minimum absolute atomic E-state index is 0.253. The van der Waals surface area contributed by atoms with Gasteiger partial charge in [-0.2, -0.15) is 0 Å². The number of aromatic nitrogens is 2. The molecule has 0 spiro atoms. The Labute approximate surface area is 147 Å². The van der Waals surface area contributed by atoms with E-state index >= 15 is 0 Å². The minimum atomic E-state index is -0.359. The van der Waals surface area contributed by atoms with Gasteiger partial charge < -0.3 is 19.5 Å². The normalized spacial score (nSPS) is 12.4. The highest BCUT2D eigenvalue weighted by Gasteiger charge is 2.20. The number of aryl methyl sites for hydroxylation is 1. The van der Waals surface area contributed by atoms with Gasteiger partial charge in [0.2, 0.25) is 6.79 Å². The first-order valence-electron chi connectivity index (χ1n) is 7.62. The van der Waals surface area contributed by atoms with Crippen molar-refractivity contribution < 1.29 is 19.0 Å². The summed E-state index contributed by atoms with van der Waals surface area (Å²) >= 11 is 1.31. The Balaban J connectivity index is 1.63. The lowest BCUT2D eigenvalue weighted by atomic mass is 10.2. The molecule has 7 nitrogen and oxygen atoms in total. The number of nitrogens with one attached hydrogen (secondary N) is 1. The van der Waals surface area contributed by atoms with E-state index in [-0.39, 0.29) is 12.8 Å². The second kappa shape index (κ2) is 6.21. The van der Waals surface area contributed by atoms with E-state index in [1.165, 1.54) is 24.8 Å². The van der Waals surface area contributed by atoms with Gasteiger partial charge in [0.25, 0.3) is 0 Å². The van der Waals surface area contributed by atoms with E-state index < -0.39 is 0 Å². The molecule has 0 atom stereocenters. The Hall–Kier alpha value is -2.87. The van der Waals surface area contributed by atoms with Gasteiger partial charge in [0.05, 0.1) is 12.5 Å². The number of hydrogen-bond acceptors (Lipinski definition) is 8. The lowest BCUT2D eigenvalue weighted by Crippen LogP contribution is -2.03. The Bertz CT molecular complexity index is 970. The highest BCUT2D eigenvalue weighted by Crippen LogP contribution is 2.35. The number of rotatable bonds is 4. The van der Waals surface area contributed by atoms with Crippen LogP contribution in [-0.4, -0.2) is 29.8 Å². The standard InChI is InChI=1S/C17H15N3O4S/c1-9-13-15(19-7-20-16(13)25-14(9)17(21)22-2)18-6-10-3-4-11-12(5-10)24-8-23-11/h3-5,7H,6,8H2,1-2H3,(H,18,19,20). The van der Waals surface area contributed by atoms with Gasteiger partial charge in [0.15, 0.2) is 11.5 Å². The second-order valence-electron chi connectivity index (χ2n) is 5.49. The van der Waals surface area contributed by atoms with Crippen LogP contribution < -0.4 is 14.8 Å². The Morgan fingerprint density at radius 1 is 1.32 bits per heavy atom. The van der Waals surface area contributed by atoms with Crippen molar-refractivity contribution in [1.82, 2.24) is 9.97 Å². The van der Waals surface area contributed by atoms with Crippen molar-refractivity contribution in [3.8, 4) is 11.5 Å². The van der Waals surface area contributed by atoms with E-state index in [2.05, 4.69) is 15.3 Å². The number of methoxy groups -OCH3 is 1. The maximum atomic E-state index is 11.9. The van der Waals surface area contributed by atoms with Gasteiger partial charge in [-0.1, -0.05) is 6.07 Å². The summed E-state index contributed by atoms with van der Waals surface area (Å²) in [6.45, 7) is 2.69. The highest BCUT2D eigenvalue weighted by atomic mass is 32.1. The van der Waals surface area contributed by atoms with Gasteiger partial charge in [-0.05, 0) is 30.2 Å². The van der Waals surface area contributed by atoms with Crippen LogP contribution in [0.15, 0.2) is 24.5 Å². The summed E-state index contributed by atoms with van der Waals surface area (Å²) in [6.07, 6.45) is 1.49. The molecular weight excluding hydrogens is 342 g/mol. The van der Waals surface area contributed by atoms with Gasteiger partial charge in [-0.3, -0.25) is 0 Å². The molecule has 1 aliphatic rings. The van der Waals surface area contributed by atoms with Gasteiger partial charge >= 0.3 is 5.97 Å². The zero-order valence-corrected chi connectivity index (χ0v) is 14.5. The third kappa shape index (κ3) is 2.74. The largest absolute Gasteiger partial charge is 0.465 e. The van der Waals surface area contributed by atoms with Crippen LogP contribution in [0.25, 0.3) is 10.2 Å². The van der Waals surface area contributed by atoms with Crippen molar-refractivity contribution in [3.05, 3.63) is 40.5 Å². The first kappa shape index (κ1) is 15.6. The summed E-state index contributed by atoms with van der Waals surface area (Å²) < 4.78 is 15.6. The monoisotopic (exact) mass is 357 g/mol. The van der Waals surface area contributed by atoms with Crippen molar-refractivity contribution in [3.63, 3.8) is 0 Å².